The highest BCUT2D eigenvalue weighted by Gasteiger charge is 2.22. The van der Waals surface area contributed by atoms with Crippen molar-refractivity contribution < 1.29 is 28.2 Å². The standard InChI is InChI=1S/C28H32FN3O5/c1-35-17-18-37-25-13-9-22(10-14-25)31-27(33)19-26(28(34)32-23-7-5-21(29)6-8-23)30-16-15-20-3-11-24(36-2)12-4-20/h3-14,26,30H,15-19H2,1-2H3,(H,31,33)(H,32,34). The molecule has 0 bridgehead atoms. The Morgan fingerprint density at radius 2 is 1.43 bits per heavy atom. The largest absolute Gasteiger partial charge is 0.497 e. The summed E-state index contributed by atoms with van der Waals surface area (Å²) >= 11 is 0. The fourth-order valence-corrected chi connectivity index (χ4v) is 3.48. The zero-order chi connectivity index (χ0) is 26.5. The van der Waals surface area contributed by atoms with Crippen LogP contribution in [0.1, 0.15) is 12.0 Å². The van der Waals surface area contributed by atoms with Crippen molar-refractivity contribution in [3.63, 3.8) is 0 Å². The van der Waals surface area contributed by atoms with Gasteiger partial charge in [0.1, 0.15) is 23.9 Å². The lowest BCUT2D eigenvalue weighted by molar-refractivity contribution is -0.123. The Hall–Kier alpha value is -3.95. The molecule has 0 heterocycles. The average molecular weight is 510 g/mol. The van der Waals surface area contributed by atoms with Crippen LogP contribution in [0, 0.1) is 5.82 Å². The topological polar surface area (TPSA) is 97.9 Å². The minimum Gasteiger partial charge on any atom is -0.497 e. The van der Waals surface area contributed by atoms with Crippen molar-refractivity contribution in [2.75, 3.05) is 44.6 Å². The third-order valence-electron chi connectivity index (χ3n) is 5.48. The molecule has 1 atom stereocenters. The van der Waals surface area contributed by atoms with Crippen LogP contribution in [0.25, 0.3) is 0 Å². The van der Waals surface area contributed by atoms with Crippen LogP contribution in [-0.4, -0.2) is 51.8 Å². The molecule has 0 saturated carbocycles. The second-order valence-corrected chi connectivity index (χ2v) is 8.22. The van der Waals surface area contributed by atoms with Crippen LogP contribution in [0.4, 0.5) is 15.8 Å². The van der Waals surface area contributed by atoms with Crippen LogP contribution >= 0.6 is 0 Å². The number of methoxy groups -OCH3 is 2. The fourth-order valence-electron chi connectivity index (χ4n) is 3.48. The molecule has 3 aromatic carbocycles. The summed E-state index contributed by atoms with van der Waals surface area (Å²) in [7, 11) is 3.21. The Labute approximate surface area is 216 Å². The zero-order valence-electron chi connectivity index (χ0n) is 21.0. The average Bonchev–Trinajstić information content (AvgIpc) is 2.91. The molecule has 3 N–H and O–H groups in total. The van der Waals surface area contributed by atoms with Gasteiger partial charge in [-0.05, 0) is 79.2 Å². The summed E-state index contributed by atoms with van der Waals surface area (Å²) in [5, 5.41) is 8.73. The lowest BCUT2D eigenvalue weighted by Gasteiger charge is -2.19. The summed E-state index contributed by atoms with van der Waals surface area (Å²) in [6.45, 7) is 1.37. The SMILES string of the molecule is COCCOc1ccc(NC(=O)CC(NCCc2ccc(OC)cc2)C(=O)Nc2ccc(F)cc2)cc1. The van der Waals surface area contributed by atoms with Crippen molar-refractivity contribution in [2.24, 2.45) is 0 Å². The van der Waals surface area contributed by atoms with Gasteiger partial charge in [-0.2, -0.15) is 0 Å². The molecule has 1 unspecified atom stereocenters. The van der Waals surface area contributed by atoms with E-state index >= 15 is 0 Å². The molecule has 0 aliphatic rings. The monoisotopic (exact) mass is 509 g/mol. The smallest absolute Gasteiger partial charge is 0.242 e. The van der Waals surface area contributed by atoms with Gasteiger partial charge in [0.25, 0.3) is 0 Å². The molecular weight excluding hydrogens is 477 g/mol. The van der Waals surface area contributed by atoms with Crippen LogP contribution in [0.2, 0.25) is 0 Å². The van der Waals surface area contributed by atoms with Gasteiger partial charge >= 0.3 is 0 Å². The highest BCUT2D eigenvalue weighted by Crippen LogP contribution is 2.17. The molecule has 9 heteroatoms. The van der Waals surface area contributed by atoms with E-state index in [2.05, 4.69) is 16.0 Å². The normalized spacial score (nSPS) is 11.4. The first kappa shape index (κ1) is 27.6. The number of anilines is 2. The van der Waals surface area contributed by atoms with Crippen LogP contribution in [0.5, 0.6) is 11.5 Å². The van der Waals surface area contributed by atoms with E-state index in [1.165, 1.54) is 24.3 Å². The molecular formula is C28H32FN3O5. The number of hydrogen-bond donors (Lipinski definition) is 3. The van der Waals surface area contributed by atoms with Crippen LogP contribution < -0.4 is 25.4 Å². The minimum atomic E-state index is -0.806. The number of ether oxygens (including phenoxy) is 3. The molecule has 0 aliphatic heterocycles. The molecule has 196 valence electrons. The predicted octanol–water partition coefficient (Wildman–Crippen LogP) is 4.03. The van der Waals surface area contributed by atoms with Gasteiger partial charge in [-0.25, -0.2) is 4.39 Å². The minimum absolute atomic E-state index is 0.0955. The number of amides is 2. The van der Waals surface area contributed by atoms with E-state index in [9.17, 15) is 14.0 Å². The van der Waals surface area contributed by atoms with Gasteiger partial charge in [-0.1, -0.05) is 12.1 Å². The van der Waals surface area contributed by atoms with Gasteiger partial charge < -0.3 is 30.2 Å². The van der Waals surface area contributed by atoms with Gasteiger partial charge in [0, 0.05) is 18.5 Å². The first-order valence-electron chi connectivity index (χ1n) is 11.9. The Morgan fingerprint density at radius 1 is 0.811 bits per heavy atom. The predicted molar refractivity (Wildman–Crippen MR) is 141 cm³/mol. The second kappa shape index (κ2) is 14.6. The van der Waals surface area contributed by atoms with Gasteiger partial charge in [0.15, 0.2) is 0 Å². The molecule has 0 aromatic heterocycles. The van der Waals surface area contributed by atoms with Crippen molar-refractivity contribution in [3.05, 3.63) is 84.2 Å². The summed E-state index contributed by atoms with van der Waals surface area (Å²) in [6.07, 6.45) is 0.554. The quantitative estimate of drug-likeness (QED) is 0.284. The third-order valence-corrected chi connectivity index (χ3v) is 5.48. The first-order chi connectivity index (χ1) is 18.0. The van der Waals surface area contributed by atoms with E-state index in [1.54, 1.807) is 38.5 Å². The van der Waals surface area contributed by atoms with Crippen molar-refractivity contribution in [3.8, 4) is 11.5 Å². The molecule has 0 saturated heterocycles. The summed E-state index contributed by atoms with van der Waals surface area (Å²) in [5.74, 6) is 0.301. The van der Waals surface area contributed by atoms with E-state index in [0.717, 1.165) is 11.3 Å². The molecule has 37 heavy (non-hydrogen) atoms. The third kappa shape index (κ3) is 9.55. The molecule has 3 aromatic rings. The molecule has 3 rings (SSSR count). The number of hydrogen-bond acceptors (Lipinski definition) is 6. The number of nitrogens with one attached hydrogen (secondary N) is 3. The number of halogens is 1. The molecule has 2 amide bonds. The maximum Gasteiger partial charge on any atom is 0.242 e. The Kier molecular flexibility index (Phi) is 10.9. The highest BCUT2D eigenvalue weighted by molar-refractivity contribution is 6.00. The maximum atomic E-state index is 13.2. The fraction of sp³-hybridized carbons (Fsp3) is 0.286. The number of carbonyl (C=O) groups excluding carboxylic acids is 2. The molecule has 8 nitrogen and oxygen atoms in total. The van der Waals surface area contributed by atoms with Gasteiger partial charge in [-0.15, -0.1) is 0 Å². The van der Waals surface area contributed by atoms with E-state index in [4.69, 9.17) is 14.2 Å². The summed E-state index contributed by atoms with van der Waals surface area (Å²) < 4.78 is 28.9. The van der Waals surface area contributed by atoms with E-state index < -0.39 is 17.8 Å². The van der Waals surface area contributed by atoms with E-state index in [1.807, 2.05) is 24.3 Å². The second-order valence-electron chi connectivity index (χ2n) is 8.22. The van der Waals surface area contributed by atoms with Crippen LogP contribution in [0.3, 0.4) is 0 Å². The first-order valence-corrected chi connectivity index (χ1v) is 11.9. The van der Waals surface area contributed by atoms with Crippen molar-refractivity contribution in [1.29, 1.82) is 0 Å². The van der Waals surface area contributed by atoms with Crippen LogP contribution in [-0.2, 0) is 20.7 Å². The highest BCUT2D eigenvalue weighted by atomic mass is 19.1. The van der Waals surface area contributed by atoms with Crippen LogP contribution in [0.15, 0.2) is 72.8 Å². The Bertz CT molecular complexity index is 1120. The number of benzene rings is 3. The van der Waals surface area contributed by atoms with Gasteiger partial charge in [0.05, 0.1) is 26.2 Å². The number of rotatable bonds is 14. The lowest BCUT2D eigenvalue weighted by Crippen LogP contribution is -2.43. The van der Waals surface area contributed by atoms with Crippen molar-refractivity contribution in [2.45, 2.75) is 18.9 Å². The van der Waals surface area contributed by atoms with Crippen molar-refractivity contribution >= 4 is 23.2 Å². The summed E-state index contributed by atoms with van der Waals surface area (Å²) in [6, 6.07) is 19.2. The molecule has 0 radical (unpaired) electrons. The van der Waals surface area contributed by atoms with Crippen molar-refractivity contribution in [1.82, 2.24) is 5.32 Å². The number of carbonyl (C=O) groups is 2. The zero-order valence-corrected chi connectivity index (χ0v) is 21.0. The lowest BCUT2D eigenvalue weighted by atomic mass is 10.1. The van der Waals surface area contributed by atoms with Gasteiger partial charge in [0.2, 0.25) is 11.8 Å². The molecule has 0 fully saturated rings. The Morgan fingerprint density at radius 3 is 2.08 bits per heavy atom. The molecule has 0 spiro atoms. The summed E-state index contributed by atoms with van der Waals surface area (Å²) in [4.78, 5) is 25.8. The summed E-state index contributed by atoms with van der Waals surface area (Å²) in [5.41, 5.74) is 2.08. The molecule has 0 aliphatic carbocycles. The van der Waals surface area contributed by atoms with Gasteiger partial charge in [-0.3, -0.25) is 9.59 Å². The maximum absolute atomic E-state index is 13.2. The van der Waals surface area contributed by atoms with E-state index in [0.29, 0.717) is 43.3 Å². The van der Waals surface area contributed by atoms with E-state index in [-0.39, 0.29) is 12.3 Å². The Balaban J connectivity index is 1.59.